The Kier molecular flexibility index (Phi) is 2.95. The SMILES string of the molecule is CCc1c(CC)[n+](C)c(C)c2ccccc12. The Morgan fingerprint density at radius 2 is 1.62 bits per heavy atom. The summed E-state index contributed by atoms with van der Waals surface area (Å²) in [6.07, 6.45) is 2.21. The zero-order valence-corrected chi connectivity index (χ0v) is 10.7. The molecule has 0 N–H and O–H groups in total. The minimum absolute atomic E-state index is 1.10. The van der Waals surface area contributed by atoms with Gasteiger partial charge in [0.15, 0.2) is 11.4 Å². The van der Waals surface area contributed by atoms with E-state index in [1.165, 1.54) is 27.7 Å². The lowest BCUT2D eigenvalue weighted by Gasteiger charge is -2.11. The van der Waals surface area contributed by atoms with Crippen LogP contribution in [-0.2, 0) is 19.9 Å². The maximum atomic E-state index is 2.35. The Hall–Kier alpha value is -1.37. The molecular formula is C15H20N+. The van der Waals surface area contributed by atoms with Gasteiger partial charge in [-0.3, -0.25) is 0 Å². The molecular weight excluding hydrogens is 194 g/mol. The van der Waals surface area contributed by atoms with Crippen molar-refractivity contribution in [3.63, 3.8) is 0 Å². The van der Waals surface area contributed by atoms with E-state index in [-0.39, 0.29) is 0 Å². The molecule has 0 unspecified atom stereocenters. The number of rotatable bonds is 2. The fourth-order valence-corrected chi connectivity index (χ4v) is 2.65. The minimum atomic E-state index is 1.10. The van der Waals surface area contributed by atoms with Crippen LogP contribution in [0.3, 0.4) is 0 Å². The van der Waals surface area contributed by atoms with E-state index >= 15 is 0 Å². The number of aromatic nitrogens is 1. The molecule has 1 aromatic carbocycles. The lowest BCUT2D eigenvalue weighted by atomic mass is 9.98. The molecule has 0 bridgehead atoms. The van der Waals surface area contributed by atoms with Crippen LogP contribution in [0.4, 0.5) is 0 Å². The third-order valence-corrected chi connectivity index (χ3v) is 3.59. The largest absolute Gasteiger partial charge is 0.202 e. The summed E-state index contributed by atoms with van der Waals surface area (Å²) in [6.45, 7) is 6.69. The van der Waals surface area contributed by atoms with Gasteiger partial charge in [0, 0.05) is 24.3 Å². The topological polar surface area (TPSA) is 3.88 Å². The van der Waals surface area contributed by atoms with Crippen molar-refractivity contribution in [1.82, 2.24) is 0 Å². The summed E-state index contributed by atoms with van der Waals surface area (Å²) in [5, 5.41) is 2.82. The molecule has 0 amide bonds. The van der Waals surface area contributed by atoms with E-state index in [0.717, 1.165) is 12.8 Å². The Balaban J connectivity index is 2.94. The number of nitrogens with zero attached hydrogens (tertiary/aromatic N) is 1. The second-order valence-electron chi connectivity index (χ2n) is 4.32. The van der Waals surface area contributed by atoms with Crippen molar-refractivity contribution in [3.05, 3.63) is 41.2 Å². The van der Waals surface area contributed by atoms with Gasteiger partial charge in [-0.1, -0.05) is 32.0 Å². The maximum absolute atomic E-state index is 2.35. The van der Waals surface area contributed by atoms with Crippen molar-refractivity contribution < 1.29 is 4.57 Å². The summed E-state index contributed by atoms with van der Waals surface area (Å²) >= 11 is 0. The first-order chi connectivity index (χ1) is 7.70. The third-order valence-electron chi connectivity index (χ3n) is 3.59. The van der Waals surface area contributed by atoms with Crippen LogP contribution in [0, 0.1) is 6.92 Å². The van der Waals surface area contributed by atoms with Crippen molar-refractivity contribution in [2.75, 3.05) is 0 Å². The van der Waals surface area contributed by atoms with Crippen LogP contribution in [0.5, 0.6) is 0 Å². The Morgan fingerprint density at radius 3 is 2.19 bits per heavy atom. The lowest BCUT2D eigenvalue weighted by molar-refractivity contribution is -0.684. The molecule has 16 heavy (non-hydrogen) atoms. The van der Waals surface area contributed by atoms with Gasteiger partial charge in [0.05, 0.1) is 0 Å². The van der Waals surface area contributed by atoms with Crippen molar-refractivity contribution in [2.24, 2.45) is 7.05 Å². The van der Waals surface area contributed by atoms with Crippen molar-refractivity contribution >= 4 is 10.8 Å². The summed E-state index contributed by atoms with van der Waals surface area (Å²) in [4.78, 5) is 0. The van der Waals surface area contributed by atoms with Gasteiger partial charge in [-0.25, -0.2) is 4.57 Å². The van der Waals surface area contributed by atoms with Crippen LogP contribution in [0.15, 0.2) is 24.3 Å². The average Bonchev–Trinajstić information content (AvgIpc) is 2.33. The quantitative estimate of drug-likeness (QED) is 0.676. The van der Waals surface area contributed by atoms with E-state index in [1.807, 2.05) is 0 Å². The van der Waals surface area contributed by atoms with Crippen molar-refractivity contribution in [1.29, 1.82) is 0 Å². The first kappa shape index (κ1) is 11.1. The molecule has 0 aliphatic carbocycles. The molecule has 0 saturated heterocycles. The van der Waals surface area contributed by atoms with Crippen molar-refractivity contribution in [2.45, 2.75) is 33.6 Å². The van der Waals surface area contributed by atoms with Gasteiger partial charge >= 0.3 is 0 Å². The van der Waals surface area contributed by atoms with E-state index < -0.39 is 0 Å². The zero-order chi connectivity index (χ0) is 11.7. The number of aryl methyl sites for hydroxylation is 2. The predicted octanol–water partition coefficient (Wildman–Crippen LogP) is 3.10. The molecule has 2 rings (SSSR count). The molecule has 0 aliphatic rings. The van der Waals surface area contributed by atoms with Crippen LogP contribution >= 0.6 is 0 Å². The van der Waals surface area contributed by atoms with Gasteiger partial charge in [-0.2, -0.15) is 0 Å². The van der Waals surface area contributed by atoms with Gasteiger partial charge in [0.2, 0.25) is 0 Å². The molecule has 0 saturated carbocycles. The van der Waals surface area contributed by atoms with Crippen LogP contribution in [0.1, 0.15) is 30.8 Å². The summed E-state index contributed by atoms with van der Waals surface area (Å²) in [5.74, 6) is 0. The second kappa shape index (κ2) is 4.25. The lowest BCUT2D eigenvalue weighted by Crippen LogP contribution is -2.38. The molecule has 2 aromatic rings. The molecule has 1 aromatic heterocycles. The fourth-order valence-electron chi connectivity index (χ4n) is 2.65. The van der Waals surface area contributed by atoms with Crippen LogP contribution in [0.2, 0.25) is 0 Å². The van der Waals surface area contributed by atoms with E-state index in [9.17, 15) is 0 Å². The number of pyridine rings is 1. The third kappa shape index (κ3) is 1.51. The van der Waals surface area contributed by atoms with Gasteiger partial charge in [-0.15, -0.1) is 0 Å². The first-order valence-corrected chi connectivity index (χ1v) is 6.09. The predicted molar refractivity (Wildman–Crippen MR) is 68.6 cm³/mol. The van der Waals surface area contributed by atoms with Crippen LogP contribution in [0.25, 0.3) is 10.8 Å². The van der Waals surface area contributed by atoms with Gasteiger partial charge in [-0.05, 0) is 17.9 Å². The summed E-state index contributed by atoms with van der Waals surface area (Å²) in [6, 6.07) is 8.74. The molecule has 1 heteroatoms. The summed E-state index contributed by atoms with van der Waals surface area (Å²) < 4.78 is 2.35. The van der Waals surface area contributed by atoms with E-state index in [1.54, 1.807) is 0 Å². The molecule has 0 aliphatic heterocycles. The van der Waals surface area contributed by atoms with Crippen LogP contribution in [-0.4, -0.2) is 0 Å². The average molecular weight is 214 g/mol. The minimum Gasteiger partial charge on any atom is -0.202 e. The normalized spacial score (nSPS) is 11.0. The molecule has 0 radical (unpaired) electrons. The first-order valence-electron chi connectivity index (χ1n) is 6.09. The van der Waals surface area contributed by atoms with Gasteiger partial charge < -0.3 is 0 Å². The second-order valence-corrected chi connectivity index (χ2v) is 4.32. The van der Waals surface area contributed by atoms with Gasteiger partial charge in [0.1, 0.15) is 7.05 Å². The number of hydrogen-bond donors (Lipinski definition) is 0. The Morgan fingerprint density at radius 1 is 1.00 bits per heavy atom. The Bertz CT molecular complexity index is 526. The van der Waals surface area contributed by atoms with E-state index in [4.69, 9.17) is 0 Å². The molecule has 0 spiro atoms. The number of fused-ring (bicyclic) bond motifs is 1. The number of hydrogen-bond acceptors (Lipinski definition) is 0. The zero-order valence-electron chi connectivity index (χ0n) is 10.7. The highest BCUT2D eigenvalue weighted by atomic mass is 14.9. The number of benzene rings is 1. The molecule has 0 fully saturated rings. The molecule has 84 valence electrons. The molecule has 0 atom stereocenters. The standard InChI is InChI=1S/C15H20N/c1-5-12-14-10-8-7-9-13(14)11(3)16(4)15(12)6-2/h7-10H,5-6H2,1-4H3/q+1. The highest BCUT2D eigenvalue weighted by Crippen LogP contribution is 2.23. The molecule has 1 nitrogen and oxygen atoms in total. The molecule has 1 heterocycles. The monoisotopic (exact) mass is 214 g/mol. The summed E-state index contributed by atoms with van der Waals surface area (Å²) in [5.41, 5.74) is 4.34. The van der Waals surface area contributed by atoms with Gasteiger partial charge in [0.25, 0.3) is 0 Å². The van der Waals surface area contributed by atoms with Crippen LogP contribution < -0.4 is 4.57 Å². The maximum Gasteiger partial charge on any atom is 0.186 e. The summed E-state index contributed by atoms with van der Waals surface area (Å²) in [7, 11) is 2.18. The Labute approximate surface area is 97.7 Å². The smallest absolute Gasteiger partial charge is 0.186 e. The van der Waals surface area contributed by atoms with E-state index in [0.29, 0.717) is 0 Å². The fraction of sp³-hybridized carbons (Fsp3) is 0.400. The highest BCUT2D eigenvalue weighted by molar-refractivity contribution is 5.87. The highest BCUT2D eigenvalue weighted by Gasteiger charge is 2.18. The van der Waals surface area contributed by atoms with Crippen molar-refractivity contribution in [3.8, 4) is 0 Å². The van der Waals surface area contributed by atoms with E-state index in [2.05, 4.69) is 56.7 Å².